The molecular formula is C26H24O5. The molecule has 1 heterocycles. The van der Waals surface area contributed by atoms with Gasteiger partial charge in [0.1, 0.15) is 17.1 Å². The molecule has 4 rings (SSSR count). The lowest BCUT2D eigenvalue weighted by molar-refractivity contribution is 0.355. The summed E-state index contributed by atoms with van der Waals surface area (Å²) in [6.07, 6.45) is 1.28. The number of hydrogen-bond donors (Lipinski definition) is 0. The van der Waals surface area contributed by atoms with Gasteiger partial charge in [-0.15, -0.1) is 0 Å². The van der Waals surface area contributed by atoms with Crippen LogP contribution in [0.25, 0.3) is 22.3 Å². The molecular weight excluding hydrogens is 392 g/mol. The minimum absolute atomic E-state index is 0.0374. The van der Waals surface area contributed by atoms with Crippen LogP contribution in [-0.2, 0) is 12.8 Å². The van der Waals surface area contributed by atoms with Gasteiger partial charge in [0, 0.05) is 17.2 Å². The standard InChI is InChI=1S/C26H24O5/c1-28-19-11-13-20-23(16-19)31-26(18-10-14-22(29-2)24(15-18)30-3)21(25(20)27)12-9-17-7-5-4-6-8-17/h4-8,10-11,13-16H,9,12H2,1-3H3. The Labute approximate surface area is 180 Å². The second-order valence-electron chi connectivity index (χ2n) is 7.16. The van der Waals surface area contributed by atoms with Crippen molar-refractivity contribution in [3.05, 3.63) is 88.1 Å². The summed E-state index contributed by atoms with van der Waals surface area (Å²) in [6, 6.07) is 20.9. The summed E-state index contributed by atoms with van der Waals surface area (Å²) in [6.45, 7) is 0. The van der Waals surface area contributed by atoms with Crippen molar-refractivity contribution in [2.24, 2.45) is 0 Å². The van der Waals surface area contributed by atoms with E-state index in [1.54, 1.807) is 39.5 Å². The summed E-state index contributed by atoms with van der Waals surface area (Å²) in [4.78, 5) is 13.5. The summed E-state index contributed by atoms with van der Waals surface area (Å²) < 4.78 is 22.4. The van der Waals surface area contributed by atoms with Gasteiger partial charge in [-0.1, -0.05) is 30.3 Å². The Morgan fingerprint density at radius 3 is 2.26 bits per heavy atom. The molecule has 0 N–H and O–H groups in total. The van der Waals surface area contributed by atoms with E-state index in [9.17, 15) is 4.79 Å². The molecule has 0 saturated heterocycles. The highest BCUT2D eigenvalue weighted by molar-refractivity contribution is 5.82. The van der Waals surface area contributed by atoms with E-state index in [0.717, 1.165) is 17.5 Å². The van der Waals surface area contributed by atoms with Crippen LogP contribution in [0.2, 0.25) is 0 Å². The van der Waals surface area contributed by atoms with Crippen molar-refractivity contribution in [3.63, 3.8) is 0 Å². The Hall–Kier alpha value is -3.73. The summed E-state index contributed by atoms with van der Waals surface area (Å²) in [7, 11) is 4.76. The number of benzene rings is 3. The molecule has 0 aliphatic carbocycles. The quantitative estimate of drug-likeness (QED) is 0.411. The molecule has 0 aliphatic rings. The molecule has 0 atom stereocenters. The Bertz CT molecular complexity index is 1260. The van der Waals surface area contributed by atoms with E-state index >= 15 is 0 Å². The van der Waals surface area contributed by atoms with Crippen molar-refractivity contribution < 1.29 is 18.6 Å². The van der Waals surface area contributed by atoms with E-state index < -0.39 is 0 Å². The lowest BCUT2D eigenvalue weighted by atomic mass is 9.98. The zero-order valence-corrected chi connectivity index (χ0v) is 17.8. The largest absolute Gasteiger partial charge is 0.497 e. The second-order valence-corrected chi connectivity index (χ2v) is 7.16. The van der Waals surface area contributed by atoms with E-state index in [0.29, 0.717) is 46.0 Å². The Kier molecular flexibility index (Phi) is 5.94. The molecule has 5 heteroatoms. The molecule has 5 nitrogen and oxygen atoms in total. The number of ether oxygens (including phenoxy) is 3. The van der Waals surface area contributed by atoms with Crippen LogP contribution in [0.5, 0.6) is 17.2 Å². The molecule has 0 unspecified atom stereocenters. The highest BCUT2D eigenvalue weighted by Gasteiger charge is 2.18. The molecule has 0 bridgehead atoms. The van der Waals surface area contributed by atoms with Gasteiger partial charge < -0.3 is 18.6 Å². The molecule has 0 aliphatic heterocycles. The molecule has 0 fully saturated rings. The second kappa shape index (κ2) is 8.96. The lowest BCUT2D eigenvalue weighted by Crippen LogP contribution is -2.12. The summed E-state index contributed by atoms with van der Waals surface area (Å²) in [5, 5.41) is 0.535. The fraction of sp³-hybridized carbons (Fsp3) is 0.192. The van der Waals surface area contributed by atoms with Crippen LogP contribution in [0.3, 0.4) is 0 Å². The number of fused-ring (bicyclic) bond motifs is 1. The van der Waals surface area contributed by atoms with Gasteiger partial charge in [-0.2, -0.15) is 0 Å². The first-order chi connectivity index (χ1) is 15.1. The smallest absolute Gasteiger partial charge is 0.196 e. The number of rotatable bonds is 7. The zero-order valence-electron chi connectivity index (χ0n) is 17.8. The number of aryl methyl sites for hydroxylation is 1. The van der Waals surface area contributed by atoms with Gasteiger partial charge in [-0.3, -0.25) is 4.79 Å². The third-order valence-electron chi connectivity index (χ3n) is 5.35. The van der Waals surface area contributed by atoms with Crippen LogP contribution in [0.15, 0.2) is 75.9 Å². The minimum atomic E-state index is -0.0374. The van der Waals surface area contributed by atoms with Crippen molar-refractivity contribution in [2.45, 2.75) is 12.8 Å². The molecule has 158 valence electrons. The van der Waals surface area contributed by atoms with Gasteiger partial charge >= 0.3 is 0 Å². The van der Waals surface area contributed by atoms with Crippen molar-refractivity contribution in [2.75, 3.05) is 21.3 Å². The van der Waals surface area contributed by atoms with Crippen molar-refractivity contribution >= 4 is 11.0 Å². The lowest BCUT2D eigenvalue weighted by Gasteiger charge is -2.13. The maximum Gasteiger partial charge on any atom is 0.196 e. The Balaban J connectivity index is 1.89. The normalized spacial score (nSPS) is 10.8. The maximum absolute atomic E-state index is 13.5. The third-order valence-corrected chi connectivity index (χ3v) is 5.35. The number of hydrogen-bond acceptors (Lipinski definition) is 5. The van der Waals surface area contributed by atoms with E-state index in [-0.39, 0.29) is 5.43 Å². The van der Waals surface area contributed by atoms with E-state index in [4.69, 9.17) is 18.6 Å². The Morgan fingerprint density at radius 2 is 1.55 bits per heavy atom. The first-order valence-electron chi connectivity index (χ1n) is 10.0. The van der Waals surface area contributed by atoms with E-state index in [2.05, 4.69) is 12.1 Å². The zero-order chi connectivity index (χ0) is 21.8. The van der Waals surface area contributed by atoms with Crippen LogP contribution in [0.4, 0.5) is 0 Å². The molecule has 31 heavy (non-hydrogen) atoms. The fourth-order valence-electron chi connectivity index (χ4n) is 3.69. The number of methoxy groups -OCH3 is 3. The molecule has 0 amide bonds. The van der Waals surface area contributed by atoms with Crippen molar-refractivity contribution in [3.8, 4) is 28.6 Å². The topological polar surface area (TPSA) is 57.9 Å². The summed E-state index contributed by atoms with van der Waals surface area (Å²) in [5.74, 6) is 2.35. The maximum atomic E-state index is 13.5. The van der Waals surface area contributed by atoms with E-state index in [1.807, 2.05) is 36.4 Å². The van der Waals surface area contributed by atoms with Gasteiger partial charge in [0.25, 0.3) is 0 Å². The van der Waals surface area contributed by atoms with Crippen LogP contribution in [0, 0.1) is 0 Å². The van der Waals surface area contributed by atoms with Crippen LogP contribution >= 0.6 is 0 Å². The Morgan fingerprint density at radius 1 is 0.774 bits per heavy atom. The SMILES string of the molecule is COc1ccc2c(=O)c(CCc3ccccc3)c(-c3ccc(OC)c(OC)c3)oc2c1. The molecule has 1 aromatic heterocycles. The third kappa shape index (κ3) is 4.12. The van der Waals surface area contributed by atoms with Gasteiger partial charge in [-0.25, -0.2) is 0 Å². The average Bonchev–Trinajstić information content (AvgIpc) is 2.83. The van der Waals surface area contributed by atoms with Crippen molar-refractivity contribution in [1.29, 1.82) is 0 Å². The van der Waals surface area contributed by atoms with Gasteiger partial charge in [0.2, 0.25) is 0 Å². The average molecular weight is 416 g/mol. The molecule has 4 aromatic rings. The summed E-state index contributed by atoms with van der Waals surface area (Å²) in [5.41, 5.74) is 2.99. The van der Waals surface area contributed by atoms with Gasteiger partial charge in [0.05, 0.1) is 26.7 Å². The fourth-order valence-corrected chi connectivity index (χ4v) is 3.69. The van der Waals surface area contributed by atoms with E-state index in [1.165, 1.54) is 0 Å². The minimum Gasteiger partial charge on any atom is -0.497 e. The van der Waals surface area contributed by atoms with Crippen molar-refractivity contribution in [1.82, 2.24) is 0 Å². The molecule has 0 saturated carbocycles. The molecule has 0 radical (unpaired) electrons. The first-order valence-corrected chi connectivity index (χ1v) is 10.0. The highest BCUT2D eigenvalue weighted by Crippen LogP contribution is 2.35. The predicted octanol–water partition coefficient (Wildman–Crippen LogP) is 5.27. The molecule has 3 aromatic carbocycles. The van der Waals surface area contributed by atoms with Crippen LogP contribution in [0.1, 0.15) is 11.1 Å². The monoisotopic (exact) mass is 416 g/mol. The summed E-state index contributed by atoms with van der Waals surface area (Å²) >= 11 is 0. The van der Waals surface area contributed by atoms with Gasteiger partial charge in [0.15, 0.2) is 16.9 Å². The van der Waals surface area contributed by atoms with Crippen LogP contribution < -0.4 is 19.6 Å². The van der Waals surface area contributed by atoms with Crippen LogP contribution in [-0.4, -0.2) is 21.3 Å². The highest BCUT2D eigenvalue weighted by atomic mass is 16.5. The molecule has 0 spiro atoms. The predicted molar refractivity (Wildman–Crippen MR) is 121 cm³/mol. The van der Waals surface area contributed by atoms with Gasteiger partial charge in [-0.05, 0) is 48.7 Å². The first kappa shape index (κ1) is 20.5.